The van der Waals surface area contributed by atoms with E-state index in [2.05, 4.69) is 25.7 Å². The number of nitrogens with zero attached hydrogens (tertiary/aromatic N) is 4. The average molecular weight is 376 g/mol. The standard InChI is InChI=1S/C20H20N6O2/c1-14-11-15(2)26(25-14)18-7-9-22-20(23-18,17-6-4-10-28-17)24-19(27)12-16-5-3-8-21-13-16/h3-11,13,23H,12H2,1-2H3,(H,24,27). The Labute approximate surface area is 162 Å². The summed E-state index contributed by atoms with van der Waals surface area (Å²) >= 11 is 0. The van der Waals surface area contributed by atoms with Crippen LogP contribution in [0.3, 0.4) is 0 Å². The van der Waals surface area contributed by atoms with Gasteiger partial charge in [0, 0.05) is 24.3 Å². The number of hydrogen-bond acceptors (Lipinski definition) is 6. The average Bonchev–Trinajstić information content (AvgIpc) is 3.32. The Kier molecular flexibility index (Phi) is 4.52. The largest absolute Gasteiger partial charge is 0.463 e. The number of aromatic nitrogens is 3. The molecule has 3 aromatic heterocycles. The molecule has 0 saturated heterocycles. The molecule has 0 radical (unpaired) electrons. The van der Waals surface area contributed by atoms with Crippen molar-refractivity contribution in [1.82, 2.24) is 25.4 Å². The lowest BCUT2D eigenvalue weighted by Gasteiger charge is -2.33. The number of aryl methyl sites for hydroxylation is 2. The first-order chi connectivity index (χ1) is 13.6. The summed E-state index contributed by atoms with van der Waals surface area (Å²) in [7, 11) is 0. The van der Waals surface area contributed by atoms with E-state index >= 15 is 0 Å². The van der Waals surface area contributed by atoms with Crippen LogP contribution in [0.15, 0.2) is 64.5 Å². The normalized spacial score (nSPS) is 18.4. The highest BCUT2D eigenvalue weighted by atomic mass is 16.3. The fraction of sp³-hybridized carbons (Fsp3) is 0.200. The molecule has 0 aliphatic carbocycles. The summed E-state index contributed by atoms with van der Waals surface area (Å²) < 4.78 is 7.36. The minimum atomic E-state index is -1.26. The minimum absolute atomic E-state index is 0.173. The number of hydrogen-bond donors (Lipinski definition) is 2. The third kappa shape index (κ3) is 3.44. The molecular formula is C20H20N6O2. The van der Waals surface area contributed by atoms with E-state index in [1.54, 1.807) is 53.8 Å². The molecule has 0 spiro atoms. The maximum Gasteiger partial charge on any atom is 0.269 e. The van der Waals surface area contributed by atoms with E-state index in [4.69, 9.17) is 4.42 Å². The fourth-order valence-corrected chi connectivity index (χ4v) is 3.14. The number of pyridine rings is 1. The third-order valence-electron chi connectivity index (χ3n) is 4.33. The molecule has 8 nitrogen and oxygen atoms in total. The van der Waals surface area contributed by atoms with Crippen LogP contribution < -0.4 is 10.6 Å². The van der Waals surface area contributed by atoms with Crippen LogP contribution in [0.4, 0.5) is 0 Å². The number of allylic oxidation sites excluding steroid dienone is 1. The van der Waals surface area contributed by atoms with Gasteiger partial charge in [-0.3, -0.25) is 9.78 Å². The molecule has 1 amide bonds. The van der Waals surface area contributed by atoms with Gasteiger partial charge >= 0.3 is 0 Å². The van der Waals surface area contributed by atoms with Crippen LogP contribution in [-0.2, 0) is 17.0 Å². The van der Waals surface area contributed by atoms with Crippen molar-refractivity contribution in [2.45, 2.75) is 26.1 Å². The van der Waals surface area contributed by atoms with Gasteiger partial charge in [-0.05, 0) is 49.8 Å². The number of aliphatic imine (C=N–C) groups is 1. The van der Waals surface area contributed by atoms with Crippen molar-refractivity contribution >= 4 is 17.9 Å². The molecule has 0 saturated carbocycles. The predicted octanol–water partition coefficient (Wildman–Crippen LogP) is 2.13. The summed E-state index contributed by atoms with van der Waals surface area (Å²) in [6.07, 6.45) is 8.49. The molecule has 142 valence electrons. The van der Waals surface area contributed by atoms with Crippen LogP contribution in [0.1, 0.15) is 22.7 Å². The van der Waals surface area contributed by atoms with E-state index < -0.39 is 5.79 Å². The van der Waals surface area contributed by atoms with Gasteiger partial charge in [-0.2, -0.15) is 5.10 Å². The molecule has 1 unspecified atom stereocenters. The Balaban J connectivity index is 1.63. The summed E-state index contributed by atoms with van der Waals surface area (Å²) in [4.78, 5) is 21.3. The van der Waals surface area contributed by atoms with Crippen LogP contribution in [0, 0.1) is 13.8 Å². The van der Waals surface area contributed by atoms with Gasteiger partial charge in [-0.25, -0.2) is 9.67 Å². The van der Waals surface area contributed by atoms with Gasteiger partial charge in [0.15, 0.2) is 5.76 Å². The Morgan fingerprint density at radius 1 is 1.32 bits per heavy atom. The number of amides is 1. The highest BCUT2D eigenvalue weighted by Crippen LogP contribution is 2.26. The Bertz CT molecular complexity index is 1040. The van der Waals surface area contributed by atoms with Crippen molar-refractivity contribution in [3.63, 3.8) is 0 Å². The zero-order chi connectivity index (χ0) is 19.6. The molecule has 0 fully saturated rings. The van der Waals surface area contributed by atoms with Crippen LogP contribution in [0.2, 0.25) is 0 Å². The van der Waals surface area contributed by atoms with Gasteiger partial charge in [-0.1, -0.05) is 6.07 Å². The smallest absolute Gasteiger partial charge is 0.269 e. The fourth-order valence-electron chi connectivity index (χ4n) is 3.14. The topological polar surface area (TPSA) is 97.3 Å². The van der Waals surface area contributed by atoms with Crippen molar-refractivity contribution in [2.24, 2.45) is 4.99 Å². The van der Waals surface area contributed by atoms with E-state index in [0.29, 0.717) is 11.6 Å². The monoisotopic (exact) mass is 376 g/mol. The molecule has 8 heteroatoms. The third-order valence-corrected chi connectivity index (χ3v) is 4.33. The Hall–Kier alpha value is -3.68. The second-order valence-electron chi connectivity index (χ2n) is 6.57. The number of carbonyl (C=O) groups excluding carboxylic acids is 1. The molecule has 0 bridgehead atoms. The van der Waals surface area contributed by atoms with Crippen LogP contribution in [0.5, 0.6) is 0 Å². The first-order valence-corrected chi connectivity index (χ1v) is 8.87. The van der Waals surface area contributed by atoms with Crippen molar-refractivity contribution < 1.29 is 9.21 Å². The van der Waals surface area contributed by atoms with E-state index in [1.807, 2.05) is 26.0 Å². The van der Waals surface area contributed by atoms with Crippen LogP contribution in [-0.4, -0.2) is 26.9 Å². The summed E-state index contributed by atoms with van der Waals surface area (Å²) in [5.41, 5.74) is 2.66. The highest BCUT2D eigenvalue weighted by Gasteiger charge is 2.38. The first kappa shape index (κ1) is 17.7. The lowest BCUT2D eigenvalue weighted by molar-refractivity contribution is -0.123. The molecule has 1 aliphatic heterocycles. The van der Waals surface area contributed by atoms with Gasteiger partial charge < -0.3 is 15.1 Å². The Morgan fingerprint density at radius 3 is 2.89 bits per heavy atom. The lowest BCUT2D eigenvalue weighted by Crippen LogP contribution is -2.56. The maximum atomic E-state index is 12.8. The van der Waals surface area contributed by atoms with Crippen molar-refractivity contribution in [3.05, 3.63) is 77.8 Å². The summed E-state index contributed by atoms with van der Waals surface area (Å²) in [5, 5.41) is 10.7. The Morgan fingerprint density at radius 2 is 2.21 bits per heavy atom. The molecule has 4 heterocycles. The van der Waals surface area contributed by atoms with Gasteiger partial charge in [0.2, 0.25) is 5.91 Å². The highest BCUT2D eigenvalue weighted by molar-refractivity contribution is 5.84. The summed E-state index contributed by atoms with van der Waals surface area (Å²) in [6.45, 7) is 3.89. The first-order valence-electron chi connectivity index (χ1n) is 8.87. The quantitative estimate of drug-likeness (QED) is 0.711. The second kappa shape index (κ2) is 7.15. The maximum absolute atomic E-state index is 12.8. The second-order valence-corrected chi connectivity index (χ2v) is 6.57. The van der Waals surface area contributed by atoms with Gasteiger partial charge in [0.1, 0.15) is 5.82 Å². The molecule has 4 rings (SSSR count). The molecule has 2 N–H and O–H groups in total. The predicted molar refractivity (Wildman–Crippen MR) is 104 cm³/mol. The van der Waals surface area contributed by atoms with Crippen molar-refractivity contribution in [2.75, 3.05) is 0 Å². The number of nitrogens with one attached hydrogen (secondary N) is 2. The lowest BCUT2D eigenvalue weighted by atomic mass is 10.1. The van der Waals surface area contributed by atoms with Gasteiger partial charge in [0.05, 0.1) is 18.4 Å². The zero-order valence-electron chi connectivity index (χ0n) is 15.6. The van der Waals surface area contributed by atoms with Crippen molar-refractivity contribution in [1.29, 1.82) is 0 Å². The summed E-state index contributed by atoms with van der Waals surface area (Å²) in [6, 6.07) is 9.14. The van der Waals surface area contributed by atoms with E-state index in [1.165, 1.54) is 0 Å². The van der Waals surface area contributed by atoms with Gasteiger partial charge in [0.25, 0.3) is 5.79 Å². The zero-order valence-corrected chi connectivity index (χ0v) is 15.6. The van der Waals surface area contributed by atoms with Crippen LogP contribution >= 0.6 is 0 Å². The molecule has 1 aliphatic rings. The van der Waals surface area contributed by atoms with E-state index in [-0.39, 0.29) is 12.3 Å². The number of carbonyl (C=O) groups is 1. The van der Waals surface area contributed by atoms with Crippen molar-refractivity contribution in [3.8, 4) is 0 Å². The number of furan rings is 1. The van der Waals surface area contributed by atoms with Crippen LogP contribution in [0.25, 0.3) is 5.82 Å². The molecule has 1 atom stereocenters. The van der Waals surface area contributed by atoms with E-state index in [9.17, 15) is 4.79 Å². The van der Waals surface area contributed by atoms with Gasteiger partial charge in [-0.15, -0.1) is 0 Å². The summed E-state index contributed by atoms with van der Waals surface area (Å²) in [5.74, 6) is -0.336. The molecule has 3 aromatic rings. The van der Waals surface area contributed by atoms with E-state index in [0.717, 1.165) is 17.0 Å². The molecule has 28 heavy (non-hydrogen) atoms. The molecule has 0 aromatic carbocycles. The SMILES string of the molecule is Cc1cc(C)n(C2=CC=NC(NC(=O)Cc3cccnc3)(c3ccco3)N2)n1. The molecular weight excluding hydrogens is 356 g/mol. The minimum Gasteiger partial charge on any atom is -0.463 e. The number of rotatable bonds is 5.